The number of esters is 1. The van der Waals surface area contributed by atoms with E-state index in [1.54, 1.807) is 0 Å². The molecule has 0 radical (unpaired) electrons. The van der Waals surface area contributed by atoms with Crippen LogP contribution in [0.2, 0.25) is 0 Å². The zero-order valence-electron chi connectivity index (χ0n) is 17.5. The van der Waals surface area contributed by atoms with E-state index in [4.69, 9.17) is 4.74 Å². The van der Waals surface area contributed by atoms with Crippen LogP contribution in [0.15, 0.2) is 0 Å². The van der Waals surface area contributed by atoms with Crippen LogP contribution in [-0.2, 0) is 9.53 Å². The van der Waals surface area contributed by atoms with Gasteiger partial charge in [0.2, 0.25) is 0 Å². The van der Waals surface area contributed by atoms with Gasteiger partial charge in [-0.15, -0.1) is 33.9 Å². The number of halogens is 1. The summed E-state index contributed by atoms with van der Waals surface area (Å²) in [5.74, 6) is 1.13. The molecule has 1 saturated carbocycles. The standard InChI is InChI=1S/C21H34N4O2S.ClH/c1-2-27-21(26)17-5-3-15(4-6-17)19-23-24-20(28-19)16-9-13-25(14-10-16)18-7-11-22-12-8-18;/h15-18,22H,2-14H2,1H3;1H/t15-,17-;. The molecule has 0 aromatic carbocycles. The molecule has 1 aromatic rings. The lowest BCUT2D eigenvalue weighted by Gasteiger charge is -2.39. The first-order chi connectivity index (χ1) is 13.7. The Morgan fingerprint density at radius 2 is 1.59 bits per heavy atom. The highest BCUT2D eigenvalue weighted by Gasteiger charge is 2.32. The SMILES string of the molecule is CCOC(=O)[C@H]1CC[C@H](c2nnc(C3CCN(C4CCNCC4)CC3)s2)CC1.Cl. The molecule has 3 fully saturated rings. The van der Waals surface area contributed by atoms with E-state index < -0.39 is 0 Å². The molecule has 0 bridgehead atoms. The van der Waals surface area contributed by atoms with Gasteiger partial charge in [0.1, 0.15) is 10.0 Å². The Morgan fingerprint density at radius 3 is 2.17 bits per heavy atom. The monoisotopic (exact) mass is 442 g/mol. The molecule has 0 amide bonds. The average molecular weight is 443 g/mol. The zero-order valence-corrected chi connectivity index (χ0v) is 19.1. The molecule has 6 nitrogen and oxygen atoms in total. The number of nitrogens with zero attached hydrogens (tertiary/aromatic N) is 3. The number of rotatable bonds is 5. The number of likely N-dealkylation sites (tertiary alicyclic amines) is 1. The predicted molar refractivity (Wildman–Crippen MR) is 118 cm³/mol. The maximum Gasteiger partial charge on any atom is 0.308 e. The fourth-order valence-corrected chi connectivity index (χ4v) is 6.28. The van der Waals surface area contributed by atoms with E-state index in [-0.39, 0.29) is 24.3 Å². The van der Waals surface area contributed by atoms with Crippen molar-refractivity contribution in [2.75, 3.05) is 32.8 Å². The van der Waals surface area contributed by atoms with E-state index in [9.17, 15) is 4.79 Å². The molecule has 8 heteroatoms. The van der Waals surface area contributed by atoms with Crippen LogP contribution in [0, 0.1) is 5.92 Å². The highest BCUT2D eigenvalue weighted by atomic mass is 35.5. The number of carbonyl (C=O) groups is 1. The van der Waals surface area contributed by atoms with Gasteiger partial charge in [0.15, 0.2) is 0 Å². The predicted octanol–water partition coefficient (Wildman–Crippen LogP) is 3.73. The van der Waals surface area contributed by atoms with Crippen molar-refractivity contribution in [1.29, 1.82) is 0 Å². The van der Waals surface area contributed by atoms with Crippen LogP contribution in [0.1, 0.15) is 80.1 Å². The lowest BCUT2D eigenvalue weighted by Crippen LogP contribution is -2.46. The van der Waals surface area contributed by atoms with Gasteiger partial charge in [-0.05, 0) is 84.5 Å². The van der Waals surface area contributed by atoms with Gasteiger partial charge in [-0.25, -0.2) is 0 Å². The van der Waals surface area contributed by atoms with E-state index in [0.29, 0.717) is 18.4 Å². The minimum Gasteiger partial charge on any atom is -0.466 e. The van der Waals surface area contributed by atoms with Crippen LogP contribution in [0.4, 0.5) is 0 Å². The second-order valence-corrected chi connectivity index (χ2v) is 9.61. The molecular weight excluding hydrogens is 408 g/mol. The third kappa shape index (κ3) is 5.69. The van der Waals surface area contributed by atoms with Gasteiger partial charge in [0.05, 0.1) is 12.5 Å². The normalized spacial score (nSPS) is 27.3. The van der Waals surface area contributed by atoms with E-state index in [0.717, 1.165) is 31.7 Å². The lowest BCUT2D eigenvalue weighted by atomic mass is 9.82. The topological polar surface area (TPSA) is 67.3 Å². The smallest absolute Gasteiger partial charge is 0.308 e. The average Bonchev–Trinajstić information content (AvgIpc) is 3.25. The van der Waals surface area contributed by atoms with Crippen molar-refractivity contribution >= 4 is 29.7 Å². The van der Waals surface area contributed by atoms with Crippen molar-refractivity contribution in [3.8, 4) is 0 Å². The van der Waals surface area contributed by atoms with Crippen LogP contribution in [0.5, 0.6) is 0 Å². The number of ether oxygens (including phenoxy) is 1. The Kier molecular flexibility index (Phi) is 8.71. The Labute approximate surface area is 184 Å². The zero-order chi connectivity index (χ0) is 19.3. The minimum atomic E-state index is -0.0144. The number of nitrogens with one attached hydrogen (secondary N) is 1. The Balaban J connectivity index is 0.00000240. The first-order valence-corrected chi connectivity index (χ1v) is 12.0. The summed E-state index contributed by atoms with van der Waals surface area (Å²) in [5.41, 5.74) is 0. The van der Waals surface area contributed by atoms with Crippen LogP contribution >= 0.6 is 23.7 Å². The van der Waals surface area contributed by atoms with E-state index >= 15 is 0 Å². The van der Waals surface area contributed by atoms with Crippen molar-refractivity contribution in [3.05, 3.63) is 10.0 Å². The van der Waals surface area contributed by atoms with Crippen LogP contribution in [0.25, 0.3) is 0 Å². The van der Waals surface area contributed by atoms with Gasteiger partial charge in [0, 0.05) is 17.9 Å². The summed E-state index contributed by atoms with van der Waals surface area (Å²) in [7, 11) is 0. The van der Waals surface area contributed by atoms with Gasteiger partial charge in [-0.3, -0.25) is 4.79 Å². The highest BCUT2D eigenvalue weighted by molar-refractivity contribution is 7.11. The van der Waals surface area contributed by atoms with Crippen molar-refractivity contribution in [2.24, 2.45) is 5.92 Å². The van der Waals surface area contributed by atoms with Crippen molar-refractivity contribution in [2.45, 2.75) is 76.2 Å². The quantitative estimate of drug-likeness (QED) is 0.701. The number of piperidine rings is 2. The Hall–Kier alpha value is -0.760. The van der Waals surface area contributed by atoms with Gasteiger partial charge in [-0.2, -0.15) is 0 Å². The van der Waals surface area contributed by atoms with E-state index in [1.807, 2.05) is 18.3 Å². The largest absolute Gasteiger partial charge is 0.466 e. The molecule has 4 rings (SSSR count). The molecular formula is C21H35ClN4O2S. The van der Waals surface area contributed by atoms with Gasteiger partial charge < -0.3 is 15.0 Å². The van der Waals surface area contributed by atoms with Gasteiger partial charge in [0.25, 0.3) is 0 Å². The summed E-state index contributed by atoms with van der Waals surface area (Å²) < 4.78 is 5.19. The minimum absolute atomic E-state index is 0. The summed E-state index contributed by atoms with van der Waals surface area (Å²) in [5, 5.41) is 15.0. The molecule has 0 unspecified atom stereocenters. The van der Waals surface area contributed by atoms with Crippen molar-refractivity contribution in [3.63, 3.8) is 0 Å². The first-order valence-electron chi connectivity index (χ1n) is 11.2. The summed E-state index contributed by atoms with van der Waals surface area (Å²) in [4.78, 5) is 14.6. The van der Waals surface area contributed by atoms with Crippen LogP contribution < -0.4 is 5.32 Å². The molecule has 0 atom stereocenters. The third-order valence-corrected chi connectivity index (χ3v) is 8.10. The van der Waals surface area contributed by atoms with Crippen LogP contribution in [-0.4, -0.2) is 59.9 Å². The van der Waals surface area contributed by atoms with E-state index in [1.165, 1.54) is 61.9 Å². The molecule has 3 heterocycles. The van der Waals surface area contributed by atoms with Crippen LogP contribution in [0.3, 0.4) is 0 Å². The summed E-state index contributed by atoms with van der Waals surface area (Å²) in [6.45, 7) is 7.10. The molecule has 1 N–H and O–H groups in total. The highest BCUT2D eigenvalue weighted by Crippen LogP contribution is 2.39. The molecule has 2 aliphatic heterocycles. The van der Waals surface area contributed by atoms with Crippen molar-refractivity contribution < 1.29 is 9.53 Å². The Bertz CT molecular complexity index is 636. The van der Waals surface area contributed by atoms with Gasteiger partial charge >= 0.3 is 5.97 Å². The molecule has 2 saturated heterocycles. The van der Waals surface area contributed by atoms with Gasteiger partial charge in [-0.1, -0.05) is 0 Å². The molecule has 164 valence electrons. The maximum absolute atomic E-state index is 11.9. The van der Waals surface area contributed by atoms with E-state index in [2.05, 4.69) is 20.4 Å². The summed E-state index contributed by atoms with van der Waals surface area (Å²) >= 11 is 1.84. The molecule has 1 aromatic heterocycles. The Morgan fingerprint density at radius 1 is 1.00 bits per heavy atom. The second-order valence-electron chi connectivity index (χ2n) is 8.57. The molecule has 29 heavy (non-hydrogen) atoms. The molecule has 0 spiro atoms. The maximum atomic E-state index is 11.9. The van der Waals surface area contributed by atoms with Crippen molar-refractivity contribution in [1.82, 2.24) is 20.4 Å². The molecule has 1 aliphatic carbocycles. The fraction of sp³-hybridized carbons (Fsp3) is 0.857. The number of hydrogen-bond acceptors (Lipinski definition) is 7. The fourth-order valence-electron chi connectivity index (χ4n) is 5.10. The number of aromatic nitrogens is 2. The third-order valence-electron chi connectivity index (χ3n) is 6.86. The first kappa shape index (κ1) is 22.9. The lowest BCUT2D eigenvalue weighted by molar-refractivity contribution is -0.149. The summed E-state index contributed by atoms with van der Waals surface area (Å²) in [6, 6.07) is 0.779. The molecule has 3 aliphatic rings. The summed E-state index contributed by atoms with van der Waals surface area (Å²) in [6.07, 6.45) is 8.94. The second kappa shape index (κ2) is 11.0. The number of carbonyl (C=O) groups excluding carboxylic acids is 1. The number of hydrogen-bond donors (Lipinski definition) is 1.